The van der Waals surface area contributed by atoms with Gasteiger partial charge in [-0.05, 0) is 32.9 Å². The second-order valence-electron chi connectivity index (χ2n) is 6.28. The molecule has 2 aliphatic rings. The van der Waals surface area contributed by atoms with Gasteiger partial charge in [0.25, 0.3) is 0 Å². The largest absolute Gasteiger partial charge is 0.372 e. The molecule has 1 fully saturated rings. The topological polar surface area (TPSA) is 50.6 Å². The number of nitrogens with zero attached hydrogens (tertiary/aromatic N) is 4. The molecule has 6 nitrogen and oxygen atoms in total. The Hall–Kier alpha value is -1.40. The Balaban J connectivity index is 1.69. The Morgan fingerprint density at radius 3 is 2.95 bits per heavy atom. The lowest BCUT2D eigenvalue weighted by atomic mass is 10.1. The van der Waals surface area contributed by atoms with E-state index >= 15 is 0 Å². The molecule has 122 valence electrons. The number of amides is 1. The van der Waals surface area contributed by atoms with Crippen LogP contribution >= 0.6 is 0 Å². The molecule has 1 amide bonds. The number of likely N-dealkylation sites (tertiary alicyclic amines) is 1. The van der Waals surface area contributed by atoms with E-state index in [4.69, 9.17) is 4.74 Å². The highest BCUT2D eigenvalue weighted by Gasteiger charge is 2.27. The highest BCUT2D eigenvalue weighted by atomic mass is 16.5. The summed E-state index contributed by atoms with van der Waals surface area (Å²) in [6, 6.07) is 0. The van der Waals surface area contributed by atoms with Gasteiger partial charge in [-0.3, -0.25) is 4.79 Å². The highest BCUT2D eigenvalue weighted by molar-refractivity contribution is 5.77. The average molecular weight is 306 g/mol. The summed E-state index contributed by atoms with van der Waals surface area (Å²) in [7, 11) is 0. The minimum absolute atomic E-state index is 0.0738. The molecule has 2 aliphatic heterocycles. The lowest BCUT2D eigenvalue weighted by Gasteiger charge is -2.27. The van der Waals surface area contributed by atoms with E-state index in [0.29, 0.717) is 19.1 Å². The lowest BCUT2D eigenvalue weighted by molar-refractivity contribution is -0.137. The number of rotatable bonds is 5. The van der Waals surface area contributed by atoms with Crippen molar-refractivity contribution in [1.29, 1.82) is 0 Å². The van der Waals surface area contributed by atoms with E-state index < -0.39 is 0 Å². The van der Waals surface area contributed by atoms with Crippen LogP contribution in [0.1, 0.15) is 25.6 Å². The molecule has 3 heterocycles. The first-order valence-corrected chi connectivity index (χ1v) is 8.34. The van der Waals surface area contributed by atoms with Gasteiger partial charge in [0.2, 0.25) is 5.91 Å². The Morgan fingerprint density at radius 2 is 2.18 bits per heavy atom. The Morgan fingerprint density at radius 1 is 1.36 bits per heavy atom. The van der Waals surface area contributed by atoms with Gasteiger partial charge in [0, 0.05) is 44.6 Å². The van der Waals surface area contributed by atoms with E-state index in [-0.39, 0.29) is 12.5 Å². The summed E-state index contributed by atoms with van der Waals surface area (Å²) in [5.41, 5.74) is 0. The third-order valence-corrected chi connectivity index (χ3v) is 4.56. The van der Waals surface area contributed by atoms with Crippen LogP contribution in [-0.4, -0.2) is 64.7 Å². The van der Waals surface area contributed by atoms with Crippen LogP contribution in [0.15, 0.2) is 12.4 Å². The first kappa shape index (κ1) is 15.5. The van der Waals surface area contributed by atoms with Crippen molar-refractivity contribution in [3.8, 4) is 0 Å². The van der Waals surface area contributed by atoms with E-state index in [1.165, 1.54) is 25.9 Å². The zero-order valence-corrected chi connectivity index (χ0v) is 13.4. The number of hydrogen-bond donors (Lipinski definition) is 0. The Labute approximate surface area is 132 Å². The molecule has 0 saturated carbocycles. The summed E-state index contributed by atoms with van der Waals surface area (Å²) in [6.07, 6.45) is 6.47. The van der Waals surface area contributed by atoms with Gasteiger partial charge in [0.15, 0.2) is 0 Å². The van der Waals surface area contributed by atoms with Crippen LogP contribution in [-0.2, 0) is 22.6 Å². The smallest absolute Gasteiger partial charge is 0.248 e. The number of carbonyl (C=O) groups excluding carboxylic acids is 1. The number of hydrogen-bond acceptors (Lipinski definition) is 4. The standard InChI is InChI=1S/C16H26N4O2/c1-2-22-13-16(21)20-11-14(9-18-6-3-4-7-18)10-19-8-5-17-15(19)12-20/h5,8,14H,2-4,6-7,9-13H2,1H3/t14-/m0/s1. The van der Waals surface area contributed by atoms with Crippen LogP contribution in [0.2, 0.25) is 0 Å². The number of ether oxygens (including phenoxy) is 1. The molecule has 0 aliphatic carbocycles. The van der Waals surface area contributed by atoms with Gasteiger partial charge < -0.3 is 19.1 Å². The van der Waals surface area contributed by atoms with Crippen LogP contribution in [0.4, 0.5) is 0 Å². The van der Waals surface area contributed by atoms with Crippen molar-refractivity contribution in [3.05, 3.63) is 18.2 Å². The van der Waals surface area contributed by atoms with E-state index in [1.807, 2.05) is 24.2 Å². The molecule has 0 radical (unpaired) electrons. The number of carbonyl (C=O) groups is 1. The van der Waals surface area contributed by atoms with Crippen molar-refractivity contribution in [2.45, 2.75) is 32.9 Å². The van der Waals surface area contributed by atoms with Crippen LogP contribution in [0.5, 0.6) is 0 Å². The van der Waals surface area contributed by atoms with E-state index in [1.54, 1.807) is 0 Å². The summed E-state index contributed by atoms with van der Waals surface area (Å²) in [5, 5.41) is 0. The normalized spacial score (nSPS) is 22.6. The molecule has 6 heteroatoms. The van der Waals surface area contributed by atoms with Crippen molar-refractivity contribution in [2.75, 3.05) is 39.4 Å². The fourth-order valence-electron chi connectivity index (χ4n) is 3.46. The molecular weight excluding hydrogens is 280 g/mol. The SMILES string of the molecule is CCOCC(=O)N1Cc2nccn2C[C@H](CN2CCCC2)C1. The van der Waals surface area contributed by atoms with Gasteiger partial charge in [-0.25, -0.2) is 4.98 Å². The van der Waals surface area contributed by atoms with Crippen LogP contribution in [0, 0.1) is 5.92 Å². The van der Waals surface area contributed by atoms with Gasteiger partial charge in [-0.15, -0.1) is 0 Å². The second-order valence-corrected chi connectivity index (χ2v) is 6.28. The zero-order chi connectivity index (χ0) is 15.4. The maximum Gasteiger partial charge on any atom is 0.248 e. The average Bonchev–Trinajstić information content (AvgIpc) is 3.13. The molecule has 0 bridgehead atoms. The monoisotopic (exact) mass is 306 g/mol. The third-order valence-electron chi connectivity index (χ3n) is 4.56. The summed E-state index contributed by atoms with van der Waals surface area (Å²) < 4.78 is 7.50. The lowest BCUT2D eigenvalue weighted by Crippen LogP contribution is -2.40. The van der Waals surface area contributed by atoms with Gasteiger partial charge in [-0.2, -0.15) is 0 Å². The molecule has 0 spiro atoms. The molecule has 0 unspecified atom stereocenters. The van der Waals surface area contributed by atoms with E-state index in [0.717, 1.165) is 25.5 Å². The maximum atomic E-state index is 12.4. The first-order valence-electron chi connectivity index (χ1n) is 8.34. The fraction of sp³-hybridized carbons (Fsp3) is 0.750. The maximum absolute atomic E-state index is 12.4. The number of imidazole rings is 1. The molecular formula is C16H26N4O2. The van der Waals surface area contributed by atoms with Gasteiger partial charge >= 0.3 is 0 Å². The molecule has 1 aromatic rings. The Kier molecular flexibility index (Phi) is 5.10. The number of fused-ring (bicyclic) bond motifs is 1. The van der Waals surface area contributed by atoms with Crippen LogP contribution < -0.4 is 0 Å². The van der Waals surface area contributed by atoms with Gasteiger partial charge in [0.1, 0.15) is 12.4 Å². The predicted molar refractivity (Wildman–Crippen MR) is 83.3 cm³/mol. The van der Waals surface area contributed by atoms with Crippen molar-refractivity contribution < 1.29 is 9.53 Å². The molecule has 22 heavy (non-hydrogen) atoms. The fourth-order valence-corrected chi connectivity index (χ4v) is 3.46. The summed E-state index contributed by atoms with van der Waals surface area (Å²) >= 11 is 0. The highest BCUT2D eigenvalue weighted by Crippen LogP contribution is 2.19. The minimum atomic E-state index is 0.0738. The quantitative estimate of drug-likeness (QED) is 0.813. The molecule has 1 aromatic heterocycles. The third kappa shape index (κ3) is 3.67. The van der Waals surface area contributed by atoms with Crippen molar-refractivity contribution in [1.82, 2.24) is 19.4 Å². The molecule has 0 N–H and O–H groups in total. The van der Waals surface area contributed by atoms with Gasteiger partial charge in [-0.1, -0.05) is 0 Å². The second kappa shape index (κ2) is 7.24. The van der Waals surface area contributed by atoms with E-state index in [2.05, 4.69) is 14.5 Å². The number of aromatic nitrogens is 2. The van der Waals surface area contributed by atoms with Crippen molar-refractivity contribution in [3.63, 3.8) is 0 Å². The predicted octanol–water partition coefficient (Wildman–Crippen LogP) is 0.974. The van der Waals surface area contributed by atoms with Crippen LogP contribution in [0.25, 0.3) is 0 Å². The van der Waals surface area contributed by atoms with Crippen LogP contribution in [0.3, 0.4) is 0 Å². The van der Waals surface area contributed by atoms with E-state index in [9.17, 15) is 4.79 Å². The molecule has 1 atom stereocenters. The summed E-state index contributed by atoms with van der Waals surface area (Å²) in [5.74, 6) is 1.51. The van der Waals surface area contributed by atoms with Crippen molar-refractivity contribution >= 4 is 5.91 Å². The summed E-state index contributed by atoms with van der Waals surface area (Å²) in [4.78, 5) is 21.2. The molecule has 0 aromatic carbocycles. The first-order chi connectivity index (χ1) is 10.8. The summed E-state index contributed by atoms with van der Waals surface area (Å²) in [6.45, 7) is 8.46. The molecule has 3 rings (SSSR count). The zero-order valence-electron chi connectivity index (χ0n) is 13.4. The minimum Gasteiger partial charge on any atom is -0.372 e. The Bertz CT molecular complexity index is 496. The van der Waals surface area contributed by atoms with Crippen molar-refractivity contribution in [2.24, 2.45) is 5.92 Å². The molecule has 1 saturated heterocycles. The van der Waals surface area contributed by atoms with Gasteiger partial charge in [0.05, 0.1) is 6.54 Å².